The van der Waals surface area contributed by atoms with Gasteiger partial charge in [0.1, 0.15) is 24.5 Å². The van der Waals surface area contributed by atoms with E-state index in [4.69, 9.17) is 28.0 Å². The van der Waals surface area contributed by atoms with Gasteiger partial charge in [-0.25, -0.2) is 0 Å². The van der Waals surface area contributed by atoms with E-state index in [-0.39, 0.29) is 10.9 Å². The minimum atomic E-state index is 0.0518. The average Bonchev–Trinajstić information content (AvgIpc) is 2.45. The van der Waals surface area contributed by atoms with Gasteiger partial charge in [0, 0.05) is 26.5 Å². The number of rotatable bonds is 3. The van der Waals surface area contributed by atoms with Gasteiger partial charge in [0.15, 0.2) is 4.90 Å². The first-order chi connectivity index (χ1) is 9.56. The molecule has 0 saturated heterocycles. The van der Waals surface area contributed by atoms with Crippen molar-refractivity contribution in [3.05, 3.63) is 58.1 Å². The van der Waals surface area contributed by atoms with Gasteiger partial charge in [-0.05, 0) is 36.4 Å². The predicted molar refractivity (Wildman–Crippen MR) is 86.9 cm³/mol. The van der Waals surface area contributed by atoms with Gasteiger partial charge < -0.3 is 9.90 Å². The minimum Gasteiger partial charge on any atom is -0.508 e. The quantitative estimate of drug-likeness (QED) is 0.851. The predicted octanol–water partition coefficient (Wildman–Crippen LogP) is 4.32. The highest BCUT2D eigenvalue weighted by Crippen LogP contribution is 2.26. The Balaban J connectivity index is 0.000000956. The van der Waals surface area contributed by atoms with Crippen LogP contribution >= 0.6 is 23.2 Å². The van der Waals surface area contributed by atoms with Crippen LogP contribution in [0.3, 0.4) is 0 Å². The van der Waals surface area contributed by atoms with E-state index < -0.39 is 0 Å². The molecular weight excluding hydrogens is 315 g/mol. The normalized spacial score (nSPS) is 11.3. The summed E-state index contributed by atoms with van der Waals surface area (Å²) in [5, 5.41) is 10.6. The maximum atomic E-state index is 9.27. The van der Waals surface area contributed by atoms with Crippen LogP contribution in [0.5, 0.6) is 5.75 Å². The molecule has 0 heterocycles. The van der Waals surface area contributed by atoms with Gasteiger partial charge in [0.25, 0.3) is 0 Å². The number of benzene rings is 2. The van der Waals surface area contributed by atoms with Crippen molar-refractivity contribution in [2.24, 2.45) is 0 Å². The van der Waals surface area contributed by atoms with Crippen LogP contribution in [0.15, 0.2) is 47.4 Å². The Labute approximate surface area is 131 Å². The summed E-state index contributed by atoms with van der Waals surface area (Å²) < 4.78 is 0. The number of hydrogen-bond donors (Lipinski definition) is 1. The lowest BCUT2D eigenvalue weighted by molar-refractivity contribution is -0.0979. The molecule has 1 atom stereocenters. The molecule has 1 unspecified atom stereocenters. The third-order valence-corrected chi connectivity index (χ3v) is 5.03. The molecule has 0 saturated carbocycles. The monoisotopic (exact) mass is 329 g/mol. The molecule has 5 heteroatoms. The third kappa shape index (κ3) is 4.75. The Hall–Kier alpha value is -1.16. The Morgan fingerprint density at radius 2 is 1.70 bits per heavy atom. The van der Waals surface area contributed by atoms with Gasteiger partial charge >= 0.3 is 0 Å². The van der Waals surface area contributed by atoms with E-state index in [1.54, 1.807) is 18.2 Å². The topological polar surface area (TPSA) is 37.3 Å². The molecule has 0 aromatic heterocycles. The maximum absolute atomic E-state index is 9.27. The van der Waals surface area contributed by atoms with Gasteiger partial charge in [0.2, 0.25) is 0 Å². The van der Waals surface area contributed by atoms with Crippen molar-refractivity contribution in [3.8, 4) is 5.75 Å². The minimum absolute atomic E-state index is 0.0518. The molecule has 0 aliphatic carbocycles. The summed E-state index contributed by atoms with van der Waals surface area (Å²) in [5.41, 5.74) is 1.10. The van der Waals surface area contributed by atoms with Crippen molar-refractivity contribution in [2.45, 2.75) is 10.6 Å². The molecule has 0 bridgehead atoms. The molecule has 2 rings (SSSR count). The molecule has 0 amide bonds. The second-order valence-corrected chi connectivity index (χ2v) is 6.89. The van der Waals surface area contributed by atoms with E-state index in [0.29, 0.717) is 15.8 Å². The Morgan fingerprint density at radius 3 is 2.25 bits per heavy atom. The lowest BCUT2D eigenvalue weighted by Gasteiger charge is -2.05. The maximum Gasteiger partial charge on any atom is 0.155 e. The van der Waals surface area contributed by atoms with Crippen molar-refractivity contribution in [1.29, 1.82) is 0 Å². The first-order valence-electron chi connectivity index (χ1n) is 5.70. The lowest BCUT2D eigenvalue weighted by atomic mass is 10.2. The number of phenolic OH excluding ortho intramolecular Hbond substituents is 1. The smallest absolute Gasteiger partial charge is 0.155 e. The zero-order valence-corrected chi connectivity index (χ0v) is 13.3. The number of halogens is 2. The summed E-state index contributed by atoms with van der Waals surface area (Å²) in [4.78, 5) is 9.21. The van der Waals surface area contributed by atoms with Crippen LogP contribution in [0.4, 0.5) is 0 Å². The van der Waals surface area contributed by atoms with Crippen LogP contribution in [0.1, 0.15) is 5.56 Å². The summed E-state index contributed by atoms with van der Waals surface area (Å²) in [7, 11) is 0.0518. The van der Waals surface area contributed by atoms with Crippen molar-refractivity contribution in [3.63, 3.8) is 0 Å². The zero-order chi connectivity index (χ0) is 15.1. The molecule has 2 nitrogen and oxygen atoms in total. The van der Waals surface area contributed by atoms with Gasteiger partial charge in [-0.2, -0.15) is 0 Å². The van der Waals surface area contributed by atoms with Crippen molar-refractivity contribution < 1.29 is 9.90 Å². The van der Waals surface area contributed by atoms with Crippen LogP contribution in [0.2, 0.25) is 10.0 Å². The first kappa shape index (κ1) is 16.9. The molecule has 0 aliphatic heterocycles. The third-order valence-electron chi connectivity index (χ3n) is 2.63. The number of phenols is 1. The summed E-state index contributed by atoms with van der Waals surface area (Å²) in [6.45, 7) is 2.00. The van der Waals surface area contributed by atoms with Crippen molar-refractivity contribution in [1.82, 2.24) is 0 Å². The van der Waals surface area contributed by atoms with E-state index >= 15 is 0 Å². The zero-order valence-electron chi connectivity index (χ0n) is 11.0. The average molecular weight is 330 g/mol. The second-order valence-electron chi connectivity index (χ2n) is 4.01. The fraction of sp³-hybridized carbons (Fsp3) is 0.133. The standard InChI is InChI=1S/C14H12Cl2OS.CH2O/c1-18(13-6-4-12(17)5-7-13)9-10-2-3-11(15)8-14(10)16;1-2/h2-8H,9H2,1H3;1H2/p+1. The highest BCUT2D eigenvalue weighted by Gasteiger charge is 2.17. The molecule has 20 heavy (non-hydrogen) atoms. The Morgan fingerprint density at radius 1 is 1.10 bits per heavy atom. The SMILES string of the molecule is C=O.C[S+](Cc1ccc(Cl)cc1Cl)c1ccc(O)cc1. The fourth-order valence-corrected chi connectivity index (χ4v) is 3.67. The van der Waals surface area contributed by atoms with E-state index in [9.17, 15) is 5.11 Å². The molecule has 106 valence electrons. The molecule has 1 N–H and O–H groups in total. The largest absolute Gasteiger partial charge is 0.508 e. The summed E-state index contributed by atoms with van der Waals surface area (Å²) >= 11 is 12.0. The van der Waals surface area contributed by atoms with E-state index in [1.807, 2.05) is 31.1 Å². The van der Waals surface area contributed by atoms with E-state index in [2.05, 4.69) is 6.26 Å². The Kier molecular flexibility index (Phi) is 6.93. The van der Waals surface area contributed by atoms with Crippen LogP contribution < -0.4 is 0 Å². The highest BCUT2D eigenvalue weighted by atomic mass is 35.5. The summed E-state index contributed by atoms with van der Waals surface area (Å²) in [6, 6.07) is 12.9. The van der Waals surface area contributed by atoms with Crippen molar-refractivity contribution >= 4 is 40.9 Å². The highest BCUT2D eigenvalue weighted by molar-refractivity contribution is 7.95. The molecule has 0 fully saturated rings. The van der Waals surface area contributed by atoms with Crippen LogP contribution in [0.25, 0.3) is 0 Å². The number of aromatic hydroxyl groups is 1. The number of carbonyl (C=O) groups excluding carboxylic acids is 1. The van der Waals surface area contributed by atoms with Gasteiger partial charge in [-0.3, -0.25) is 0 Å². The van der Waals surface area contributed by atoms with E-state index in [1.165, 1.54) is 4.90 Å². The summed E-state index contributed by atoms with van der Waals surface area (Å²) in [5.74, 6) is 1.17. The van der Waals surface area contributed by atoms with Gasteiger partial charge in [0.05, 0.1) is 0 Å². The molecule has 0 spiro atoms. The van der Waals surface area contributed by atoms with Crippen molar-refractivity contribution in [2.75, 3.05) is 6.26 Å². The molecule has 2 aromatic carbocycles. The van der Waals surface area contributed by atoms with Crippen LogP contribution in [-0.4, -0.2) is 18.2 Å². The molecule has 0 radical (unpaired) electrons. The Bertz CT molecular complexity index is 558. The summed E-state index contributed by atoms with van der Waals surface area (Å²) in [6.07, 6.45) is 2.16. The number of carbonyl (C=O) groups is 1. The lowest BCUT2D eigenvalue weighted by Crippen LogP contribution is -2.04. The molecular formula is C15H15Cl2O2S+. The van der Waals surface area contributed by atoms with Gasteiger partial charge in [-0.15, -0.1) is 0 Å². The van der Waals surface area contributed by atoms with Crippen LogP contribution in [0, 0.1) is 0 Å². The van der Waals surface area contributed by atoms with Gasteiger partial charge in [-0.1, -0.05) is 29.3 Å². The fourth-order valence-electron chi connectivity index (χ4n) is 1.63. The second kappa shape index (κ2) is 8.20. The molecule has 0 aliphatic rings. The number of hydrogen-bond acceptors (Lipinski definition) is 2. The van der Waals surface area contributed by atoms with E-state index in [0.717, 1.165) is 11.3 Å². The first-order valence-corrected chi connectivity index (χ1v) is 8.26. The molecule has 2 aromatic rings. The van der Waals surface area contributed by atoms with Crippen LogP contribution in [-0.2, 0) is 21.4 Å².